The molecule has 0 fully saturated rings. The number of aromatic nitrogens is 3. The zero-order chi connectivity index (χ0) is 15.6. The van der Waals surface area contributed by atoms with Crippen LogP contribution in [0.1, 0.15) is 5.56 Å². The van der Waals surface area contributed by atoms with Crippen LogP contribution in [0.4, 0.5) is 0 Å². The monoisotopic (exact) mass is 319 g/mol. The molecule has 0 bridgehead atoms. The largest absolute Gasteiger partial charge is 0.286 e. The van der Waals surface area contributed by atoms with Gasteiger partial charge in [-0.2, -0.15) is 0 Å². The van der Waals surface area contributed by atoms with Crippen LogP contribution in [0, 0.1) is 0 Å². The van der Waals surface area contributed by atoms with Crippen LogP contribution in [0.15, 0.2) is 53.3 Å². The second kappa shape index (κ2) is 4.40. The predicted octanol–water partition coefficient (Wildman–Crippen LogP) is 3.63. The van der Waals surface area contributed by atoms with Crippen LogP contribution in [0.2, 0.25) is 5.02 Å². The van der Waals surface area contributed by atoms with E-state index in [2.05, 4.69) is 4.98 Å². The van der Waals surface area contributed by atoms with Crippen LogP contribution in [0.5, 0.6) is 0 Å². The van der Waals surface area contributed by atoms with Crippen molar-refractivity contribution in [2.24, 2.45) is 0 Å². The molecule has 0 amide bonds. The summed E-state index contributed by atoms with van der Waals surface area (Å²) < 4.78 is 1.66. The lowest BCUT2D eigenvalue weighted by Crippen LogP contribution is -2.20. The third-order valence-corrected chi connectivity index (χ3v) is 4.74. The topological polar surface area (TPSA) is 47.8 Å². The molecule has 2 aromatic carbocycles. The van der Waals surface area contributed by atoms with E-state index in [9.17, 15) is 4.79 Å². The Morgan fingerprint density at radius 1 is 0.913 bits per heavy atom. The highest BCUT2D eigenvalue weighted by atomic mass is 35.5. The highest BCUT2D eigenvalue weighted by Crippen LogP contribution is 2.37. The minimum atomic E-state index is -0.0521. The van der Waals surface area contributed by atoms with E-state index < -0.39 is 0 Å². The quantitative estimate of drug-likeness (QED) is 0.438. The fourth-order valence-electron chi connectivity index (χ4n) is 3.19. The van der Waals surface area contributed by atoms with Crippen molar-refractivity contribution in [1.29, 1.82) is 0 Å². The van der Waals surface area contributed by atoms with Gasteiger partial charge in [0.25, 0.3) is 5.56 Å². The molecule has 110 valence electrons. The summed E-state index contributed by atoms with van der Waals surface area (Å²) in [4.78, 5) is 22.1. The molecule has 0 saturated heterocycles. The molecule has 4 nitrogen and oxygen atoms in total. The van der Waals surface area contributed by atoms with Crippen LogP contribution >= 0.6 is 11.6 Å². The lowest BCUT2D eigenvalue weighted by molar-refractivity contribution is 0.797. The van der Waals surface area contributed by atoms with Crippen molar-refractivity contribution in [3.05, 3.63) is 69.5 Å². The molecule has 0 aliphatic carbocycles. The van der Waals surface area contributed by atoms with Crippen molar-refractivity contribution < 1.29 is 0 Å². The SMILES string of the molecule is O=c1c2ccccc2nc2n1Cc1c-2nc2ccccc2c1Cl. The molecular weight excluding hydrogens is 310 g/mol. The highest BCUT2D eigenvalue weighted by Gasteiger charge is 2.27. The molecule has 0 N–H and O–H groups in total. The van der Waals surface area contributed by atoms with E-state index in [-0.39, 0.29) is 5.56 Å². The van der Waals surface area contributed by atoms with Crippen molar-refractivity contribution in [3.63, 3.8) is 0 Å². The summed E-state index contributed by atoms with van der Waals surface area (Å²) in [6, 6.07) is 15.1. The molecule has 1 aliphatic heterocycles. The number of nitrogens with zero attached hydrogens (tertiary/aromatic N) is 3. The zero-order valence-corrected chi connectivity index (χ0v) is 12.7. The van der Waals surface area contributed by atoms with Gasteiger partial charge >= 0.3 is 0 Å². The van der Waals surface area contributed by atoms with Gasteiger partial charge in [0, 0.05) is 10.9 Å². The molecule has 4 aromatic rings. The number of hydrogen-bond acceptors (Lipinski definition) is 3. The van der Waals surface area contributed by atoms with Crippen LogP contribution < -0.4 is 5.56 Å². The van der Waals surface area contributed by atoms with Crippen molar-refractivity contribution >= 4 is 33.4 Å². The van der Waals surface area contributed by atoms with Crippen molar-refractivity contribution in [1.82, 2.24) is 14.5 Å². The Bertz CT molecular complexity index is 1180. The normalized spacial score (nSPS) is 12.6. The van der Waals surface area contributed by atoms with E-state index >= 15 is 0 Å². The first-order chi connectivity index (χ1) is 11.2. The maximum absolute atomic E-state index is 12.7. The maximum Gasteiger partial charge on any atom is 0.262 e. The van der Waals surface area contributed by atoms with E-state index in [1.807, 2.05) is 42.5 Å². The molecule has 2 aromatic heterocycles. The number of pyridine rings is 1. The van der Waals surface area contributed by atoms with Crippen molar-refractivity contribution in [2.75, 3.05) is 0 Å². The third-order valence-electron chi connectivity index (χ3n) is 4.31. The first-order valence-electron chi connectivity index (χ1n) is 7.31. The minimum Gasteiger partial charge on any atom is -0.286 e. The van der Waals surface area contributed by atoms with Gasteiger partial charge in [-0.1, -0.05) is 41.9 Å². The van der Waals surface area contributed by atoms with Crippen LogP contribution in [0.25, 0.3) is 33.3 Å². The average Bonchev–Trinajstić information content (AvgIpc) is 2.95. The van der Waals surface area contributed by atoms with Gasteiger partial charge in [-0.25, -0.2) is 9.97 Å². The molecule has 0 radical (unpaired) electrons. The smallest absolute Gasteiger partial charge is 0.262 e. The second-order valence-electron chi connectivity index (χ2n) is 5.61. The van der Waals surface area contributed by atoms with E-state index in [1.54, 1.807) is 10.6 Å². The number of hydrogen-bond donors (Lipinski definition) is 0. The molecule has 0 spiro atoms. The van der Waals surface area contributed by atoms with E-state index in [1.165, 1.54) is 0 Å². The van der Waals surface area contributed by atoms with Gasteiger partial charge in [0.2, 0.25) is 0 Å². The molecule has 5 rings (SSSR count). The summed E-state index contributed by atoms with van der Waals surface area (Å²) in [5, 5.41) is 2.17. The average molecular weight is 320 g/mol. The molecule has 3 heterocycles. The molecule has 1 aliphatic rings. The number of halogens is 1. The van der Waals surface area contributed by atoms with E-state index in [4.69, 9.17) is 16.6 Å². The van der Waals surface area contributed by atoms with Gasteiger partial charge in [0.05, 0.1) is 28.0 Å². The standard InChI is InChI=1S/C18H10ClN3O/c19-15-10-5-1-3-7-13(10)20-16-12(15)9-22-17(16)21-14-8-4-2-6-11(14)18(22)23/h1-8H,9H2. The zero-order valence-electron chi connectivity index (χ0n) is 12.0. The summed E-state index contributed by atoms with van der Waals surface area (Å²) in [7, 11) is 0. The molecular formula is C18H10ClN3O. The Hall–Kier alpha value is -2.72. The Balaban J connectivity index is 1.93. The third kappa shape index (κ3) is 1.64. The fraction of sp³-hybridized carbons (Fsp3) is 0.0556. The number of benzene rings is 2. The second-order valence-corrected chi connectivity index (χ2v) is 5.99. The van der Waals surface area contributed by atoms with Crippen LogP contribution in [-0.4, -0.2) is 14.5 Å². The maximum atomic E-state index is 12.7. The van der Waals surface area contributed by atoms with E-state index in [0.717, 1.165) is 16.5 Å². The molecule has 0 saturated carbocycles. The van der Waals surface area contributed by atoms with Gasteiger partial charge < -0.3 is 0 Å². The summed E-state index contributed by atoms with van der Waals surface area (Å²) in [5.74, 6) is 0.594. The first kappa shape index (κ1) is 12.8. The van der Waals surface area contributed by atoms with Gasteiger partial charge in [-0.05, 0) is 18.2 Å². The van der Waals surface area contributed by atoms with Gasteiger partial charge in [0.15, 0.2) is 5.82 Å². The van der Waals surface area contributed by atoms with Gasteiger partial charge in [-0.3, -0.25) is 9.36 Å². The lowest BCUT2D eigenvalue weighted by Gasteiger charge is -2.05. The van der Waals surface area contributed by atoms with Crippen molar-refractivity contribution in [2.45, 2.75) is 6.54 Å². The molecule has 5 heteroatoms. The number of fused-ring (bicyclic) bond motifs is 5. The predicted molar refractivity (Wildman–Crippen MR) is 90.9 cm³/mol. The minimum absolute atomic E-state index is 0.0521. The number of para-hydroxylation sites is 2. The van der Waals surface area contributed by atoms with Gasteiger partial charge in [0.1, 0.15) is 5.69 Å². The van der Waals surface area contributed by atoms with Crippen LogP contribution in [0.3, 0.4) is 0 Å². The first-order valence-corrected chi connectivity index (χ1v) is 7.69. The molecule has 0 atom stereocenters. The van der Waals surface area contributed by atoms with Gasteiger partial charge in [-0.15, -0.1) is 0 Å². The Morgan fingerprint density at radius 3 is 2.35 bits per heavy atom. The van der Waals surface area contributed by atoms with Crippen LogP contribution in [-0.2, 0) is 6.54 Å². The highest BCUT2D eigenvalue weighted by molar-refractivity contribution is 6.36. The molecule has 23 heavy (non-hydrogen) atoms. The van der Waals surface area contributed by atoms with E-state index in [0.29, 0.717) is 34.0 Å². The summed E-state index contributed by atoms with van der Waals surface area (Å²) >= 11 is 6.58. The Labute approximate surface area is 136 Å². The molecule has 0 unspecified atom stereocenters. The summed E-state index contributed by atoms with van der Waals surface area (Å²) in [6.07, 6.45) is 0. The fourth-order valence-corrected chi connectivity index (χ4v) is 3.50. The van der Waals surface area contributed by atoms with Crippen molar-refractivity contribution in [3.8, 4) is 11.5 Å². The Morgan fingerprint density at radius 2 is 1.57 bits per heavy atom. The lowest BCUT2D eigenvalue weighted by atomic mass is 10.1. The number of rotatable bonds is 0. The summed E-state index contributed by atoms with van der Waals surface area (Å²) in [5.41, 5.74) is 3.01. The Kier molecular flexibility index (Phi) is 2.44. The summed E-state index contributed by atoms with van der Waals surface area (Å²) in [6.45, 7) is 0.415.